The number of ether oxygens (including phenoxy) is 2. The molecule has 3 rings (SSSR count). The van der Waals surface area contributed by atoms with Crippen molar-refractivity contribution in [3.8, 4) is 5.75 Å². The van der Waals surface area contributed by atoms with Crippen LogP contribution in [0.5, 0.6) is 5.75 Å². The lowest BCUT2D eigenvalue weighted by atomic mass is 10.0. The molecule has 190 valence electrons. The zero-order chi connectivity index (χ0) is 26.0. The van der Waals surface area contributed by atoms with E-state index >= 15 is 0 Å². The van der Waals surface area contributed by atoms with Crippen LogP contribution < -0.4 is 10.1 Å². The average molecular weight is 489 g/mol. The van der Waals surface area contributed by atoms with E-state index in [0.717, 1.165) is 22.4 Å². The Morgan fingerprint density at radius 1 is 0.833 bits per heavy atom. The van der Waals surface area contributed by atoms with E-state index in [-0.39, 0.29) is 5.91 Å². The van der Waals surface area contributed by atoms with Crippen LogP contribution in [0.4, 0.5) is 4.79 Å². The number of amides is 2. The van der Waals surface area contributed by atoms with Crippen LogP contribution in [0, 0.1) is 0 Å². The van der Waals surface area contributed by atoms with Crippen molar-refractivity contribution in [3.05, 3.63) is 102 Å². The van der Waals surface area contributed by atoms with E-state index in [0.29, 0.717) is 26.0 Å². The van der Waals surface area contributed by atoms with Gasteiger partial charge in [0.25, 0.3) is 0 Å². The van der Waals surface area contributed by atoms with E-state index < -0.39 is 17.7 Å². The third-order valence-electron chi connectivity index (χ3n) is 5.61. The molecule has 0 fully saturated rings. The van der Waals surface area contributed by atoms with E-state index in [1.807, 2.05) is 106 Å². The molecule has 0 aliphatic heterocycles. The molecule has 0 spiro atoms. The van der Waals surface area contributed by atoms with Crippen molar-refractivity contribution in [2.24, 2.45) is 0 Å². The molecule has 0 saturated carbocycles. The summed E-state index contributed by atoms with van der Waals surface area (Å²) in [6, 6.07) is 26.8. The fourth-order valence-electron chi connectivity index (χ4n) is 3.65. The second-order valence-electron chi connectivity index (χ2n) is 9.76. The molecule has 36 heavy (non-hydrogen) atoms. The van der Waals surface area contributed by atoms with Crippen LogP contribution in [-0.2, 0) is 29.0 Å². The topological polar surface area (TPSA) is 67.9 Å². The predicted molar refractivity (Wildman–Crippen MR) is 142 cm³/mol. The van der Waals surface area contributed by atoms with Gasteiger partial charge in [-0.15, -0.1) is 0 Å². The molecule has 3 aromatic rings. The molecule has 0 aliphatic carbocycles. The monoisotopic (exact) mass is 488 g/mol. The van der Waals surface area contributed by atoms with Gasteiger partial charge in [0.05, 0.1) is 0 Å². The fraction of sp³-hybridized carbons (Fsp3) is 0.333. The maximum atomic E-state index is 13.2. The van der Waals surface area contributed by atoms with Gasteiger partial charge in [-0.05, 0) is 56.0 Å². The molecule has 1 N–H and O–H groups in total. The quantitative estimate of drug-likeness (QED) is 0.415. The normalized spacial score (nSPS) is 11.9. The van der Waals surface area contributed by atoms with Gasteiger partial charge in [0.1, 0.15) is 24.0 Å². The minimum atomic E-state index is -0.716. The number of nitrogens with zero attached hydrogens (tertiary/aromatic N) is 1. The van der Waals surface area contributed by atoms with E-state index in [1.165, 1.54) is 4.90 Å². The second-order valence-corrected chi connectivity index (χ2v) is 9.76. The van der Waals surface area contributed by atoms with Gasteiger partial charge in [-0.3, -0.25) is 9.69 Å². The smallest absolute Gasteiger partial charge is 0.410 e. The highest BCUT2D eigenvalue weighted by atomic mass is 16.6. The summed E-state index contributed by atoms with van der Waals surface area (Å²) in [5.74, 6) is 0.524. The maximum Gasteiger partial charge on any atom is 0.410 e. The Labute approximate surface area is 214 Å². The highest BCUT2D eigenvalue weighted by Crippen LogP contribution is 2.18. The van der Waals surface area contributed by atoms with Crippen LogP contribution in [0.15, 0.2) is 84.9 Å². The van der Waals surface area contributed by atoms with Gasteiger partial charge in [-0.2, -0.15) is 0 Å². The second kappa shape index (κ2) is 12.8. The van der Waals surface area contributed by atoms with E-state index in [2.05, 4.69) is 5.32 Å². The molecule has 1 atom stereocenters. The molecule has 0 heterocycles. The summed E-state index contributed by atoms with van der Waals surface area (Å²) >= 11 is 0. The Bertz CT molecular complexity index is 1090. The van der Waals surface area contributed by atoms with E-state index in [9.17, 15) is 9.59 Å². The molecule has 6 nitrogen and oxygen atoms in total. The first-order chi connectivity index (χ1) is 17.2. The van der Waals surface area contributed by atoms with Crippen LogP contribution in [0.2, 0.25) is 0 Å². The van der Waals surface area contributed by atoms with Crippen LogP contribution in [0.1, 0.15) is 37.5 Å². The van der Waals surface area contributed by atoms with Gasteiger partial charge in [0, 0.05) is 20.0 Å². The summed E-state index contributed by atoms with van der Waals surface area (Å²) in [5.41, 5.74) is 2.49. The highest BCUT2D eigenvalue weighted by Gasteiger charge is 2.30. The Kier molecular flexibility index (Phi) is 9.51. The molecule has 0 saturated heterocycles. The summed E-state index contributed by atoms with van der Waals surface area (Å²) in [6.45, 7) is 6.38. The van der Waals surface area contributed by atoms with Crippen LogP contribution in [0.3, 0.4) is 0 Å². The van der Waals surface area contributed by atoms with Crippen molar-refractivity contribution in [3.63, 3.8) is 0 Å². The lowest BCUT2D eigenvalue weighted by molar-refractivity contribution is -0.125. The number of hydrogen-bond donors (Lipinski definition) is 1. The van der Waals surface area contributed by atoms with Gasteiger partial charge in [0.2, 0.25) is 5.91 Å². The Morgan fingerprint density at radius 3 is 2.00 bits per heavy atom. The molecule has 0 radical (unpaired) electrons. The zero-order valence-electron chi connectivity index (χ0n) is 21.6. The highest BCUT2D eigenvalue weighted by molar-refractivity contribution is 5.86. The van der Waals surface area contributed by atoms with Gasteiger partial charge < -0.3 is 14.8 Å². The number of carbonyl (C=O) groups excluding carboxylic acids is 2. The molecule has 0 bridgehead atoms. The first kappa shape index (κ1) is 26.8. The predicted octanol–water partition coefficient (Wildman–Crippen LogP) is 5.40. The summed E-state index contributed by atoms with van der Waals surface area (Å²) in [5, 5.41) is 2.99. The Morgan fingerprint density at radius 2 is 1.42 bits per heavy atom. The van der Waals surface area contributed by atoms with Crippen LogP contribution in [0.25, 0.3) is 0 Å². The summed E-state index contributed by atoms with van der Waals surface area (Å²) in [6.07, 6.45) is 0.530. The zero-order valence-corrected chi connectivity index (χ0v) is 21.6. The van der Waals surface area contributed by atoms with Crippen molar-refractivity contribution in [2.75, 3.05) is 13.6 Å². The first-order valence-electron chi connectivity index (χ1n) is 12.2. The van der Waals surface area contributed by atoms with Crippen molar-refractivity contribution in [1.82, 2.24) is 10.2 Å². The number of nitrogens with one attached hydrogen (secondary N) is 1. The van der Waals surface area contributed by atoms with Crippen molar-refractivity contribution < 1.29 is 19.1 Å². The van der Waals surface area contributed by atoms with Gasteiger partial charge in [-0.1, -0.05) is 72.8 Å². The first-order valence-corrected chi connectivity index (χ1v) is 12.2. The summed E-state index contributed by atoms with van der Waals surface area (Å²) in [4.78, 5) is 27.3. The minimum Gasteiger partial charge on any atom is -0.489 e. The summed E-state index contributed by atoms with van der Waals surface area (Å²) in [7, 11) is 1.60. The Hall–Kier alpha value is -3.80. The number of rotatable bonds is 10. The van der Waals surface area contributed by atoms with Gasteiger partial charge >= 0.3 is 6.09 Å². The molecular weight excluding hydrogens is 452 g/mol. The molecule has 1 unspecified atom stereocenters. The average Bonchev–Trinajstić information content (AvgIpc) is 2.86. The lowest BCUT2D eigenvalue weighted by Crippen LogP contribution is -2.50. The van der Waals surface area contributed by atoms with E-state index in [1.54, 1.807) is 7.05 Å². The largest absolute Gasteiger partial charge is 0.489 e. The standard InChI is InChI=1S/C30H36N2O4/c1-30(2,3)36-29(34)32(4)27(28(33)31-20-19-23-11-7-5-8-12-23)21-24-15-17-26(18-16-24)35-22-25-13-9-6-10-14-25/h5-18,27H,19-22H2,1-4H3,(H,31,33). The molecule has 0 aliphatic rings. The molecular formula is C30H36N2O4. The summed E-state index contributed by atoms with van der Waals surface area (Å²) < 4.78 is 11.4. The number of carbonyl (C=O) groups is 2. The Balaban J connectivity index is 1.65. The van der Waals surface area contributed by atoms with Crippen molar-refractivity contribution in [1.29, 1.82) is 0 Å². The molecule has 0 aromatic heterocycles. The SMILES string of the molecule is CN(C(=O)OC(C)(C)C)C(Cc1ccc(OCc2ccccc2)cc1)C(=O)NCCc1ccccc1. The van der Waals surface area contributed by atoms with Crippen molar-refractivity contribution in [2.45, 2.75) is 51.9 Å². The molecule has 3 aromatic carbocycles. The van der Waals surface area contributed by atoms with Crippen LogP contribution >= 0.6 is 0 Å². The minimum absolute atomic E-state index is 0.219. The fourth-order valence-corrected chi connectivity index (χ4v) is 3.65. The van der Waals surface area contributed by atoms with Gasteiger partial charge in [0.15, 0.2) is 0 Å². The number of likely N-dealkylation sites (N-methyl/N-ethyl adjacent to an activating group) is 1. The van der Waals surface area contributed by atoms with Gasteiger partial charge in [-0.25, -0.2) is 4.79 Å². The molecule has 2 amide bonds. The number of hydrogen-bond acceptors (Lipinski definition) is 4. The lowest BCUT2D eigenvalue weighted by Gasteiger charge is -2.30. The third-order valence-corrected chi connectivity index (χ3v) is 5.61. The van der Waals surface area contributed by atoms with Crippen LogP contribution in [-0.4, -0.2) is 42.1 Å². The van der Waals surface area contributed by atoms with Crippen molar-refractivity contribution >= 4 is 12.0 Å². The molecule has 6 heteroatoms. The van der Waals surface area contributed by atoms with E-state index in [4.69, 9.17) is 9.47 Å². The third kappa shape index (κ3) is 8.77. The maximum absolute atomic E-state index is 13.2. The number of benzene rings is 3.